The molecule has 2 aliphatic rings. The van der Waals surface area contributed by atoms with E-state index in [9.17, 15) is 13.6 Å². The lowest BCUT2D eigenvalue weighted by atomic mass is 9.74. The molecule has 0 radical (unpaired) electrons. The Balaban J connectivity index is 2.04. The average Bonchev–Trinajstić information content (AvgIpc) is 2.76. The molecule has 0 aromatic rings. The van der Waals surface area contributed by atoms with E-state index in [1.165, 1.54) is 0 Å². The molecule has 1 amide bonds. The fourth-order valence-corrected chi connectivity index (χ4v) is 4.23. The maximum absolute atomic E-state index is 13.0. The third-order valence-electron chi connectivity index (χ3n) is 5.56. The quantitative estimate of drug-likeness (QED) is 0.675. The van der Waals surface area contributed by atoms with Gasteiger partial charge in [-0.15, -0.1) is 0 Å². The number of amides is 1. The van der Waals surface area contributed by atoms with Crippen LogP contribution in [0.3, 0.4) is 0 Å². The van der Waals surface area contributed by atoms with Crippen molar-refractivity contribution in [2.75, 3.05) is 54.4 Å². The number of nitrogens with zero attached hydrogens (tertiary/aromatic N) is 3. The standard InChI is InChI=1S/C18H33F2N3O/c1-21(2)9-14-11-23(12-15(14)10-22(3)4)18(24)16(8-17(19)20)13-6-5-7-13/h13-17H,5-12H2,1-4H3/t14-,15-,16?/m1/s1. The Morgan fingerprint density at radius 1 is 1.04 bits per heavy atom. The molecule has 0 spiro atoms. The van der Waals surface area contributed by atoms with Gasteiger partial charge in [0.15, 0.2) is 0 Å². The van der Waals surface area contributed by atoms with Crippen molar-refractivity contribution in [2.24, 2.45) is 23.7 Å². The molecule has 0 bridgehead atoms. The lowest BCUT2D eigenvalue weighted by Crippen LogP contribution is -2.41. The van der Waals surface area contributed by atoms with Gasteiger partial charge in [0.25, 0.3) is 0 Å². The number of likely N-dealkylation sites (tertiary alicyclic amines) is 1. The second-order valence-corrected chi connectivity index (χ2v) is 8.21. The summed E-state index contributed by atoms with van der Waals surface area (Å²) >= 11 is 0. The van der Waals surface area contributed by atoms with Crippen LogP contribution in [0.1, 0.15) is 25.7 Å². The minimum atomic E-state index is -2.39. The molecule has 0 N–H and O–H groups in total. The number of hydrogen-bond donors (Lipinski definition) is 0. The van der Waals surface area contributed by atoms with Crippen LogP contribution in [-0.2, 0) is 4.79 Å². The van der Waals surface area contributed by atoms with Crippen LogP contribution in [0.5, 0.6) is 0 Å². The van der Waals surface area contributed by atoms with Crippen molar-refractivity contribution in [1.82, 2.24) is 14.7 Å². The molecule has 4 nitrogen and oxygen atoms in total. The van der Waals surface area contributed by atoms with Gasteiger partial charge < -0.3 is 14.7 Å². The van der Waals surface area contributed by atoms with Gasteiger partial charge in [-0.25, -0.2) is 8.78 Å². The van der Waals surface area contributed by atoms with Gasteiger partial charge in [0, 0.05) is 38.5 Å². The minimum Gasteiger partial charge on any atom is -0.342 e. The van der Waals surface area contributed by atoms with Crippen molar-refractivity contribution in [3.05, 3.63) is 0 Å². The first-order chi connectivity index (χ1) is 11.3. The number of hydrogen-bond acceptors (Lipinski definition) is 3. The molecule has 0 aromatic heterocycles. The smallest absolute Gasteiger partial charge is 0.239 e. The predicted octanol–water partition coefficient (Wildman–Crippen LogP) is 2.26. The lowest BCUT2D eigenvalue weighted by Gasteiger charge is -2.35. The van der Waals surface area contributed by atoms with E-state index in [4.69, 9.17) is 0 Å². The maximum atomic E-state index is 13.0. The van der Waals surface area contributed by atoms with E-state index >= 15 is 0 Å². The normalized spacial score (nSPS) is 26.5. The van der Waals surface area contributed by atoms with Gasteiger partial charge in [-0.1, -0.05) is 6.42 Å². The van der Waals surface area contributed by atoms with Crippen molar-refractivity contribution < 1.29 is 13.6 Å². The summed E-state index contributed by atoms with van der Waals surface area (Å²) in [7, 11) is 8.19. The van der Waals surface area contributed by atoms with Gasteiger partial charge in [-0.3, -0.25) is 4.79 Å². The number of alkyl halides is 2. The first-order valence-electron chi connectivity index (χ1n) is 9.14. The third kappa shape index (κ3) is 5.12. The second-order valence-electron chi connectivity index (χ2n) is 8.21. The molecule has 2 fully saturated rings. The maximum Gasteiger partial charge on any atom is 0.239 e. The Labute approximate surface area is 145 Å². The van der Waals surface area contributed by atoms with Gasteiger partial charge in [-0.05, 0) is 58.8 Å². The molecule has 1 saturated heterocycles. The predicted molar refractivity (Wildman–Crippen MR) is 92.1 cm³/mol. The van der Waals surface area contributed by atoms with Gasteiger partial charge >= 0.3 is 0 Å². The third-order valence-corrected chi connectivity index (χ3v) is 5.56. The van der Waals surface area contributed by atoms with Crippen LogP contribution in [0.2, 0.25) is 0 Å². The molecule has 1 aliphatic heterocycles. The first-order valence-corrected chi connectivity index (χ1v) is 9.14. The lowest BCUT2D eigenvalue weighted by molar-refractivity contribution is -0.139. The SMILES string of the molecule is CN(C)C[C@@H]1CN(C(=O)C(CC(F)F)C2CCC2)C[C@H]1CN(C)C. The van der Waals surface area contributed by atoms with Crippen molar-refractivity contribution in [1.29, 1.82) is 0 Å². The van der Waals surface area contributed by atoms with E-state index < -0.39 is 12.3 Å². The topological polar surface area (TPSA) is 26.8 Å². The van der Waals surface area contributed by atoms with Crippen molar-refractivity contribution >= 4 is 5.91 Å². The van der Waals surface area contributed by atoms with Crippen molar-refractivity contribution in [3.8, 4) is 0 Å². The highest BCUT2D eigenvalue weighted by molar-refractivity contribution is 5.79. The van der Waals surface area contributed by atoms with Crippen LogP contribution >= 0.6 is 0 Å². The summed E-state index contributed by atoms with van der Waals surface area (Å²) in [6, 6.07) is 0. The number of carbonyl (C=O) groups excluding carboxylic acids is 1. The number of halogens is 2. The first kappa shape index (κ1) is 19.6. The molecule has 1 heterocycles. The summed E-state index contributed by atoms with van der Waals surface area (Å²) in [5.74, 6) is 0.508. The molecular weight excluding hydrogens is 312 g/mol. The summed E-state index contributed by atoms with van der Waals surface area (Å²) in [6.07, 6.45) is 0.275. The van der Waals surface area contributed by atoms with Crippen LogP contribution in [-0.4, -0.2) is 81.4 Å². The Bertz CT molecular complexity index is 395. The van der Waals surface area contributed by atoms with E-state index in [1.54, 1.807) is 0 Å². The Morgan fingerprint density at radius 3 is 1.88 bits per heavy atom. The van der Waals surface area contributed by atoms with E-state index in [0.29, 0.717) is 24.9 Å². The highest BCUT2D eigenvalue weighted by Gasteiger charge is 2.41. The van der Waals surface area contributed by atoms with E-state index in [-0.39, 0.29) is 18.2 Å². The Hall–Kier alpha value is -0.750. The average molecular weight is 345 g/mol. The van der Waals surface area contributed by atoms with Crippen molar-refractivity contribution in [2.45, 2.75) is 32.1 Å². The molecule has 1 unspecified atom stereocenters. The molecular formula is C18H33F2N3O. The van der Waals surface area contributed by atoms with Crippen LogP contribution in [0, 0.1) is 23.7 Å². The molecule has 3 atom stereocenters. The molecule has 1 aliphatic carbocycles. The van der Waals surface area contributed by atoms with E-state index in [0.717, 1.165) is 32.4 Å². The largest absolute Gasteiger partial charge is 0.342 e. The minimum absolute atomic E-state index is 0.0231. The van der Waals surface area contributed by atoms with Crippen LogP contribution in [0.15, 0.2) is 0 Å². The van der Waals surface area contributed by atoms with E-state index in [2.05, 4.69) is 9.80 Å². The highest BCUT2D eigenvalue weighted by Crippen LogP contribution is 2.38. The summed E-state index contributed by atoms with van der Waals surface area (Å²) < 4.78 is 25.9. The zero-order chi connectivity index (χ0) is 17.9. The van der Waals surface area contributed by atoms with Gasteiger partial charge in [0.1, 0.15) is 0 Å². The fourth-order valence-electron chi connectivity index (χ4n) is 4.23. The highest BCUT2D eigenvalue weighted by atomic mass is 19.3. The molecule has 140 valence electrons. The molecule has 24 heavy (non-hydrogen) atoms. The second kappa shape index (κ2) is 8.56. The number of carbonyl (C=O) groups is 1. The van der Waals surface area contributed by atoms with Crippen LogP contribution in [0.4, 0.5) is 8.78 Å². The zero-order valence-corrected chi connectivity index (χ0v) is 15.5. The summed E-state index contributed by atoms with van der Waals surface area (Å²) in [5.41, 5.74) is 0. The Morgan fingerprint density at radius 2 is 1.54 bits per heavy atom. The molecule has 0 aromatic carbocycles. The molecule has 2 rings (SSSR count). The summed E-state index contributed by atoms with van der Waals surface area (Å²) in [5, 5.41) is 0. The number of rotatable bonds is 8. The Kier molecular flexibility index (Phi) is 6.99. The summed E-state index contributed by atoms with van der Waals surface area (Å²) in [6.45, 7) is 3.29. The van der Waals surface area contributed by atoms with Crippen molar-refractivity contribution in [3.63, 3.8) is 0 Å². The summed E-state index contributed by atoms with van der Waals surface area (Å²) in [4.78, 5) is 19.1. The van der Waals surface area contributed by atoms with Gasteiger partial charge in [0.05, 0.1) is 0 Å². The molecule has 6 heteroatoms. The van der Waals surface area contributed by atoms with Gasteiger partial charge in [0.2, 0.25) is 12.3 Å². The molecule has 1 saturated carbocycles. The van der Waals surface area contributed by atoms with Crippen LogP contribution < -0.4 is 0 Å². The monoisotopic (exact) mass is 345 g/mol. The zero-order valence-electron chi connectivity index (χ0n) is 15.5. The van der Waals surface area contributed by atoms with Crippen LogP contribution in [0.25, 0.3) is 0 Å². The van der Waals surface area contributed by atoms with E-state index in [1.807, 2.05) is 33.1 Å². The fraction of sp³-hybridized carbons (Fsp3) is 0.944. The van der Waals surface area contributed by atoms with Gasteiger partial charge in [-0.2, -0.15) is 0 Å².